The molecule has 0 aromatic heterocycles. The number of nitrogens with zero attached hydrogens (tertiary/aromatic N) is 3. The van der Waals surface area contributed by atoms with Crippen molar-refractivity contribution in [1.82, 2.24) is 4.90 Å². The van der Waals surface area contributed by atoms with Gasteiger partial charge in [-0.3, -0.25) is 15.0 Å². The summed E-state index contributed by atoms with van der Waals surface area (Å²) in [6, 6.07) is 7.00. The predicted molar refractivity (Wildman–Crippen MR) is 99.5 cm³/mol. The summed E-state index contributed by atoms with van der Waals surface area (Å²) in [7, 11) is 0. The Morgan fingerprint density at radius 2 is 1.72 bits per heavy atom. The summed E-state index contributed by atoms with van der Waals surface area (Å²) in [4.78, 5) is 12.9. The monoisotopic (exact) mass is 385 g/mol. The number of piperazine rings is 1. The molecule has 2 fully saturated rings. The number of halogens is 1. The van der Waals surface area contributed by atoms with Gasteiger partial charge in [-0.1, -0.05) is 12.1 Å². The number of nitro benzene ring substituents is 1. The molecule has 1 spiro atoms. The van der Waals surface area contributed by atoms with Crippen LogP contribution in [0.15, 0.2) is 24.3 Å². The molecule has 7 heteroatoms. The van der Waals surface area contributed by atoms with Crippen molar-refractivity contribution in [3.05, 3.63) is 39.9 Å². The first-order valence-corrected chi connectivity index (χ1v) is 9.86. The number of quaternary nitrogens is 1. The lowest BCUT2D eigenvalue weighted by molar-refractivity contribution is -0.932. The first kappa shape index (κ1) is 20.5. The van der Waals surface area contributed by atoms with E-state index in [2.05, 4.69) is 30.5 Å². The van der Waals surface area contributed by atoms with E-state index in [9.17, 15) is 10.1 Å². The number of rotatable bonds is 4. The van der Waals surface area contributed by atoms with Gasteiger partial charge >= 0.3 is 0 Å². The number of benzene rings is 1. The molecule has 2 aliphatic rings. The molecule has 140 valence electrons. The Balaban J connectivity index is 0.00000225. The summed E-state index contributed by atoms with van der Waals surface area (Å²) in [5.74, 6) is 0. The average molecular weight is 386 g/mol. The summed E-state index contributed by atoms with van der Waals surface area (Å²) in [6.45, 7) is 13.4. The van der Waals surface area contributed by atoms with Crippen molar-refractivity contribution in [1.29, 1.82) is 0 Å². The highest BCUT2D eigenvalue weighted by Crippen LogP contribution is 2.31. The Labute approximate surface area is 160 Å². The highest BCUT2D eigenvalue weighted by atomic mass is 35.5. The maximum Gasteiger partial charge on any atom is 0.269 e. The average Bonchev–Trinajstić information content (AvgIpc) is 2.54. The van der Waals surface area contributed by atoms with Gasteiger partial charge in [-0.15, -0.1) is 11.8 Å². The highest BCUT2D eigenvalue weighted by Gasteiger charge is 2.39. The van der Waals surface area contributed by atoms with Crippen molar-refractivity contribution >= 4 is 17.4 Å². The Morgan fingerprint density at radius 3 is 2.24 bits per heavy atom. The molecule has 3 rings (SSSR count). The molecule has 0 aliphatic carbocycles. The largest absolute Gasteiger partial charge is 1.00 e. The fraction of sp³-hybridized carbons (Fsp3) is 0.667. The number of nitro groups is 1. The zero-order chi connectivity index (χ0) is 17.2. The smallest absolute Gasteiger partial charge is 0.269 e. The van der Waals surface area contributed by atoms with Crippen LogP contribution in [0.5, 0.6) is 0 Å². The van der Waals surface area contributed by atoms with E-state index in [1.165, 1.54) is 49.3 Å². The van der Waals surface area contributed by atoms with Gasteiger partial charge in [0.2, 0.25) is 0 Å². The summed E-state index contributed by atoms with van der Waals surface area (Å²) >= 11 is 2.14. The van der Waals surface area contributed by atoms with Crippen LogP contribution in [-0.2, 0) is 6.42 Å². The van der Waals surface area contributed by atoms with E-state index in [0.717, 1.165) is 23.5 Å². The Bertz CT molecular complexity index is 564. The number of thioether (sulfide) groups is 1. The second-order valence-corrected chi connectivity index (χ2v) is 9.31. The molecule has 2 saturated heterocycles. The topological polar surface area (TPSA) is 46.4 Å². The molecule has 0 N–H and O–H groups in total. The SMILES string of the molecule is CC1C[N+]2(CCN(CCc3ccc([N+](=O)[O-])cc3)CC2)CC(C)S1.[Cl-]. The van der Waals surface area contributed by atoms with Crippen LogP contribution in [0, 0.1) is 10.1 Å². The third-order valence-electron chi connectivity index (χ3n) is 5.40. The molecule has 0 radical (unpaired) electrons. The van der Waals surface area contributed by atoms with E-state index in [4.69, 9.17) is 0 Å². The van der Waals surface area contributed by atoms with E-state index >= 15 is 0 Å². The van der Waals surface area contributed by atoms with Crippen LogP contribution in [0.25, 0.3) is 0 Å². The zero-order valence-corrected chi connectivity index (χ0v) is 16.6. The molecular weight excluding hydrogens is 358 g/mol. The fourth-order valence-electron chi connectivity index (χ4n) is 4.24. The maximum atomic E-state index is 10.7. The van der Waals surface area contributed by atoms with Crippen molar-refractivity contribution in [3.8, 4) is 0 Å². The first-order chi connectivity index (χ1) is 11.5. The van der Waals surface area contributed by atoms with Crippen LogP contribution in [0.4, 0.5) is 5.69 Å². The highest BCUT2D eigenvalue weighted by molar-refractivity contribution is 8.00. The summed E-state index contributed by atoms with van der Waals surface area (Å²) in [6.07, 6.45) is 0.973. The molecular formula is C18H28ClN3O2S. The van der Waals surface area contributed by atoms with Gasteiger partial charge in [0.1, 0.15) is 0 Å². The van der Waals surface area contributed by atoms with Gasteiger partial charge in [0.25, 0.3) is 5.69 Å². The van der Waals surface area contributed by atoms with E-state index in [0.29, 0.717) is 0 Å². The van der Waals surface area contributed by atoms with Crippen LogP contribution in [-0.4, -0.2) is 70.6 Å². The van der Waals surface area contributed by atoms with Crippen molar-refractivity contribution in [2.45, 2.75) is 30.8 Å². The quantitative estimate of drug-likeness (QED) is 0.409. The summed E-state index contributed by atoms with van der Waals surface area (Å²) in [5, 5.41) is 12.3. The Kier molecular flexibility index (Phi) is 7.14. The van der Waals surface area contributed by atoms with Gasteiger partial charge in [0, 0.05) is 31.8 Å². The van der Waals surface area contributed by atoms with Crippen molar-refractivity contribution in [3.63, 3.8) is 0 Å². The van der Waals surface area contributed by atoms with Gasteiger partial charge in [-0.05, 0) is 25.8 Å². The van der Waals surface area contributed by atoms with E-state index < -0.39 is 0 Å². The normalized spacial score (nSPS) is 26.2. The molecule has 2 aliphatic heterocycles. The van der Waals surface area contributed by atoms with E-state index in [1.807, 2.05) is 12.1 Å². The van der Waals surface area contributed by atoms with Crippen LogP contribution < -0.4 is 12.4 Å². The minimum Gasteiger partial charge on any atom is -1.00 e. The standard InChI is InChI=1S/C18H28N3O2S.ClH/c1-15-13-21(14-16(2)24-15)11-9-19(10-12-21)8-7-17-3-5-18(6-4-17)20(22)23;/h3-6,15-16H,7-14H2,1-2H3;1H/q+1;/p-1. The molecule has 1 aromatic rings. The van der Waals surface area contributed by atoms with Crippen molar-refractivity contribution < 1.29 is 21.8 Å². The van der Waals surface area contributed by atoms with Crippen LogP contribution in [0.1, 0.15) is 19.4 Å². The molecule has 0 saturated carbocycles. The molecule has 2 heterocycles. The van der Waals surface area contributed by atoms with E-state index in [1.54, 1.807) is 12.1 Å². The summed E-state index contributed by atoms with van der Waals surface area (Å²) in [5.41, 5.74) is 1.36. The maximum absolute atomic E-state index is 10.7. The zero-order valence-electron chi connectivity index (χ0n) is 15.1. The van der Waals surface area contributed by atoms with E-state index in [-0.39, 0.29) is 23.0 Å². The lowest BCUT2D eigenvalue weighted by Crippen LogP contribution is -3.00. The number of hydrogen-bond donors (Lipinski definition) is 0. The molecule has 2 atom stereocenters. The van der Waals surface area contributed by atoms with Crippen LogP contribution in [0.2, 0.25) is 0 Å². The minimum absolute atomic E-state index is 0. The lowest BCUT2D eigenvalue weighted by atomic mass is 10.1. The second-order valence-electron chi connectivity index (χ2n) is 7.43. The molecule has 2 unspecified atom stereocenters. The Hall–Kier alpha value is -0.820. The van der Waals surface area contributed by atoms with Crippen LogP contribution in [0.3, 0.4) is 0 Å². The third-order valence-corrected chi connectivity index (χ3v) is 6.63. The molecule has 1 aromatic carbocycles. The van der Waals surface area contributed by atoms with Gasteiger partial charge in [-0.25, -0.2) is 0 Å². The van der Waals surface area contributed by atoms with Gasteiger partial charge in [-0.2, -0.15) is 0 Å². The van der Waals surface area contributed by atoms with Gasteiger partial charge in [0.15, 0.2) is 0 Å². The molecule has 0 bridgehead atoms. The number of hydrogen-bond acceptors (Lipinski definition) is 4. The van der Waals surface area contributed by atoms with Gasteiger partial charge < -0.3 is 16.9 Å². The van der Waals surface area contributed by atoms with Crippen molar-refractivity contribution in [2.75, 3.05) is 45.8 Å². The molecule has 5 nitrogen and oxygen atoms in total. The molecule has 25 heavy (non-hydrogen) atoms. The molecule has 0 amide bonds. The fourth-order valence-corrected chi connectivity index (χ4v) is 5.84. The van der Waals surface area contributed by atoms with Crippen molar-refractivity contribution in [2.24, 2.45) is 0 Å². The Morgan fingerprint density at radius 1 is 1.16 bits per heavy atom. The minimum atomic E-state index is -0.337. The predicted octanol–water partition coefficient (Wildman–Crippen LogP) is -0.202. The third kappa shape index (κ3) is 5.33. The van der Waals surface area contributed by atoms with Crippen LogP contribution >= 0.6 is 11.8 Å². The first-order valence-electron chi connectivity index (χ1n) is 8.92. The second kappa shape index (κ2) is 8.71. The number of non-ortho nitro benzene ring substituents is 1. The van der Waals surface area contributed by atoms with Gasteiger partial charge in [0.05, 0.1) is 41.6 Å². The summed E-state index contributed by atoms with van der Waals surface area (Å²) < 4.78 is 1.31. The lowest BCUT2D eigenvalue weighted by Gasteiger charge is -2.50.